The lowest BCUT2D eigenvalue weighted by Gasteiger charge is -2.20. The van der Waals surface area contributed by atoms with Crippen molar-refractivity contribution >= 4 is 18.0 Å². The Morgan fingerprint density at radius 1 is 1.43 bits per heavy atom. The molecule has 0 bridgehead atoms. The Morgan fingerprint density at radius 3 is 2.76 bits per heavy atom. The van der Waals surface area contributed by atoms with Crippen LogP contribution in [0.4, 0.5) is 0 Å². The van der Waals surface area contributed by atoms with Crippen molar-refractivity contribution in [2.75, 3.05) is 19.7 Å². The highest BCUT2D eigenvalue weighted by atomic mass is 16.5. The molecule has 0 aromatic carbocycles. The molecule has 0 fully saturated rings. The fraction of sp³-hybridized carbons (Fsp3) is 0.312. The van der Waals surface area contributed by atoms with Crippen LogP contribution in [0.25, 0.3) is 6.08 Å². The largest absolute Gasteiger partial charge is 0.452 e. The Kier molecular flexibility index (Phi) is 6.87. The summed E-state index contributed by atoms with van der Waals surface area (Å²) in [4.78, 5) is 29.0. The number of hydrogen-bond acceptors (Lipinski definition) is 4. The Balaban J connectivity index is 2.43. The van der Waals surface area contributed by atoms with Crippen LogP contribution in [0, 0.1) is 0 Å². The first kappa shape index (κ1) is 16.6. The van der Waals surface area contributed by atoms with Gasteiger partial charge < -0.3 is 9.64 Å². The molecule has 0 atom stereocenters. The first-order chi connectivity index (χ1) is 10.0. The zero-order valence-corrected chi connectivity index (χ0v) is 12.4. The van der Waals surface area contributed by atoms with Gasteiger partial charge in [-0.2, -0.15) is 0 Å². The number of likely N-dealkylation sites (N-methyl/N-ethyl adjacent to an activating group) is 1. The van der Waals surface area contributed by atoms with Crippen molar-refractivity contribution in [1.29, 1.82) is 0 Å². The standard InChI is InChI=1S/C16H20N2O3/c1-4-18(11-13(2)3)15(19)12-21-16(20)9-8-14-7-5-6-10-17-14/h5-10H,2,4,11-12H2,1,3H3/b9-8+. The van der Waals surface area contributed by atoms with Gasteiger partial charge in [-0.3, -0.25) is 9.78 Å². The molecule has 0 aliphatic rings. The lowest BCUT2D eigenvalue weighted by molar-refractivity contribution is -0.147. The Hall–Kier alpha value is -2.43. The second-order valence-corrected chi connectivity index (χ2v) is 4.56. The molecule has 0 saturated carbocycles. The number of aromatic nitrogens is 1. The first-order valence-electron chi connectivity index (χ1n) is 6.71. The second kappa shape index (κ2) is 8.68. The van der Waals surface area contributed by atoms with E-state index in [1.165, 1.54) is 12.2 Å². The molecule has 112 valence electrons. The van der Waals surface area contributed by atoms with Crippen molar-refractivity contribution in [3.8, 4) is 0 Å². The molecule has 1 rings (SSSR count). The van der Waals surface area contributed by atoms with E-state index in [9.17, 15) is 9.59 Å². The highest BCUT2D eigenvalue weighted by Crippen LogP contribution is 1.99. The molecule has 1 heterocycles. The SMILES string of the molecule is C=C(C)CN(CC)C(=O)COC(=O)/C=C/c1ccccn1. The zero-order valence-electron chi connectivity index (χ0n) is 12.4. The molecule has 5 heteroatoms. The molecule has 0 unspecified atom stereocenters. The quantitative estimate of drug-likeness (QED) is 0.438. The minimum absolute atomic E-state index is 0.236. The fourth-order valence-corrected chi connectivity index (χ4v) is 1.60. The van der Waals surface area contributed by atoms with Crippen LogP contribution in [0.15, 0.2) is 42.6 Å². The molecule has 0 spiro atoms. The number of amides is 1. The van der Waals surface area contributed by atoms with Crippen LogP contribution >= 0.6 is 0 Å². The molecule has 5 nitrogen and oxygen atoms in total. The minimum atomic E-state index is -0.569. The molecular formula is C16H20N2O3. The predicted molar refractivity (Wildman–Crippen MR) is 81.3 cm³/mol. The Bertz CT molecular complexity index is 524. The van der Waals surface area contributed by atoms with Crippen molar-refractivity contribution in [1.82, 2.24) is 9.88 Å². The average molecular weight is 288 g/mol. The summed E-state index contributed by atoms with van der Waals surface area (Å²) in [6.45, 7) is 8.22. The molecule has 0 N–H and O–H groups in total. The maximum atomic E-state index is 11.9. The van der Waals surface area contributed by atoms with E-state index in [4.69, 9.17) is 4.74 Å². The monoisotopic (exact) mass is 288 g/mol. The molecule has 0 radical (unpaired) electrons. The molecule has 1 amide bonds. The number of rotatable bonds is 7. The van der Waals surface area contributed by atoms with E-state index in [-0.39, 0.29) is 12.5 Å². The molecule has 0 aliphatic carbocycles. The van der Waals surface area contributed by atoms with Gasteiger partial charge in [-0.25, -0.2) is 4.79 Å². The third-order valence-electron chi connectivity index (χ3n) is 2.61. The summed E-state index contributed by atoms with van der Waals surface area (Å²) in [6, 6.07) is 5.37. The summed E-state index contributed by atoms with van der Waals surface area (Å²) >= 11 is 0. The van der Waals surface area contributed by atoms with Gasteiger partial charge in [0, 0.05) is 25.4 Å². The molecule has 0 aliphatic heterocycles. The minimum Gasteiger partial charge on any atom is -0.452 e. The lowest BCUT2D eigenvalue weighted by atomic mass is 10.3. The third kappa shape index (κ3) is 6.51. The van der Waals surface area contributed by atoms with Gasteiger partial charge in [0.15, 0.2) is 6.61 Å². The lowest BCUT2D eigenvalue weighted by Crippen LogP contribution is -2.35. The summed E-state index contributed by atoms with van der Waals surface area (Å²) in [5.74, 6) is -0.805. The van der Waals surface area contributed by atoms with Gasteiger partial charge in [0.2, 0.25) is 0 Å². The van der Waals surface area contributed by atoms with E-state index in [1.54, 1.807) is 23.2 Å². The van der Waals surface area contributed by atoms with Crippen LogP contribution in [0.2, 0.25) is 0 Å². The molecule has 0 saturated heterocycles. The fourth-order valence-electron chi connectivity index (χ4n) is 1.60. The van der Waals surface area contributed by atoms with E-state index in [1.807, 2.05) is 19.9 Å². The van der Waals surface area contributed by atoms with Gasteiger partial charge in [0.1, 0.15) is 0 Å². The normalized spacial score (nSPS) is 10.4. The summed E-state index contributed by atoms with van der Waals surface area (Å²) in [7, 11) is 0. The van der Waals surface area contributed by atoms with Crippen LogP contribution in [-0.2, 0) is 14.3 Å². The van der Waals surface area contributed by atoms with Crippen molar-refractivity contribution < 1.29 is 14.3 Å². The summed E-state index contributed by atoms with van der Waals surface area (Å²) in [6.07, 6.45) is 4.42. The topological polar surface area (TPSA) is 59.5 Å². The van der Waals surface area contributed by atoms with E-state index in [0.29, 0.717) is 18.8 Å². The van der Waals surface area contributed by atoms with Crippen molar-refractivity contribution in [2.24, 2.45) is 0 Å². The number of carbonyl (C=O) groups excluding carboxylic acids is 2. The van der Waals surface area contributed by atoms with Gasteiger partial charge in [0.25, 0.3) is 5.91 Å². The van der Waals surface area contributed by atoms with E-state index >= 15 is 0 Å². The Labute approximate surface area is 124 Å². The van der Waals surface area contributed by atoms with Crippen molar-refractivity contribution in [3.05, 3.63) is 48.3 Å². The van der Waals surface area contributed by atoms with E-state index < -0.39 is 5.97 Å². The van der Waals surface area contributed by atoms with Gasteiger partial charge in [0.05, 0.1) is 5.69 Å². The van der Waals surface area contributed by atoms with Crippen LogP contribution in [0.1, 0.15) is 19.5 Å². The van der Waals surface area contributed by atoms with Gasteiger partial charge in [-0.1, -0.05) is 18.2 Å². The first-order valence-corrected chi connectivity index (χ1v) is 6.71. The van der Waals surface area contributed by atoms with Crippen LogP contribution in [0.5, 0.6) is 0 Å². The van der Waals surface area contributed by atoms with Crippen molar-refractivity contribution in [2.45, 2.75) is 13.8 Å². The van der Waals surface area contributed by atoms with E-state index in [0.717, 1.165) is 5.57 Å². The van der Waals surface area contributed by atoms with Gasteiger partial charge in [-0.15, -0.1) is 0 Å². The summed E-state index contributed by atoms with van der Waals surface area (Å²) < 4.78 is 4.92. The van der Waals surface area contributed by atoms with Crippen molar-refractivity contribution in [3.63, 3.8) is 0 Å². The predicted octanol–water partition coefficient (Wildman–Crippen LogP) is 2.06. The average Bonchev–Trinajstić information content (AvgIpc) is 2.49. The van der Waals surface area contributed by atoms with Crippen LogP contribution in [-0.4, -0.2) is 41.5 Å². The number of carbonyl (C=O) groups is 2. The molecular weight excluding hydrogens is 268 g/mol. The number of esters is 1. The molecule has 21 heavy (non-hydrogen) atoms. The zero-order chi connectivity index (χ0) is 15.7. The number of hydrogen-bond donors (Lipinski definition) is 0. The number of nitrogens with zero attached hydrogens (tertiary/aromatic N) is 2. The van der Waals surface area contributed by atoms with Gasteiger partial charge >= 0.3 is 5.97 Å². The number of ether oxygens (including phenoxy) is 1. The molecule has 1 aromatic rings. The van der Waals surface area contributed by atoms with Crippen LogP contribution < -0.4 is 0 Å². The van der Waals surface area contributed by atoms with Crippen LogP contribution in [0.3, 0.4) is 0 Å². The smallest absolute Gasteiger partial charge is 0.331 e. The summed E-state index contributed by atoms with van der Waals surface area (Å²) in [5.41, 5.74) is 1.53. The Morgan fingerprint density at radius 2 is 2.19 bits per heavy atom. The van der Waals surface area contributed by atoms with E-state index in [2.05, 4.69) is 11.6 Å². The summed E-state index contributed by atoms with van der Waals surface area (Å²) in [5, 5.41) is 0. The third-order valence-corrected chi connectivity index (χ3v) is 2.61. The van der Waals surface area contributed by atoms with Gasteiger partial charge in [-0.05, 0) is 32.1 Å². The maximum Gasteiger partial charge on any atom is 0.331 e. The maximum absolute atomic E-state index is 11.9. The molecule has 1 aromatic heterocycles. The second-order valence-electron chi connectivity index (χ2n) is 4.56. The highest BCUT2D eigenvalue weighted by Gasteiger charge is 2.13. The highest BCUT2D eigenvalue weighted by molar-refractivity contribution is 5.89. The number of pyridine rings is 1.